The molecular formula is C21H28O4. The van der Waals surface area contributed by atoms with Crippen LogP contribution in [-0.2, 0) is 18.9 Å². The molecule has 0 bridgehead atoms. The summed E-state index contributed by atoms with van der Waals surface area (Å²) in [6, 6.07) is 0. The van der Waals surface area contributed by atoms with E-state index < -0.39 is 0 Å². The maximum Gasteiger partial charge on any atom is 0.106 e. The highest BCUT2D eigenvalue weighted by molar-refractivity contribution is 5.15. The van der Waals surface area contributed by atoms with Gasteiger partial charge < -0.3 is 18.9 Å². The Kier molecular flexibility index (Phi) is 8.71. The van der Waals surface area contributed by atoms with E-state index in [-0.39, 0.29) is 30.5 Å². The predicted octanol–water partition coefficient (Wildman–Crippen LogP) is 3.21. The molecule has 4 nitrogen and oxygen atoms in total. The fourth-order valence-electron chi connectivity index (χ4n) is 2.88. The van der Waals surface area contributed by atoms with Gasteiger partial charge in [0.05, 0.1) is 25.4 Å². The lowest BCUT2D eigenvalue weighted by molar-refractivity contribution is -0.114. The molecule has 0 N–H and O–H groups in total. The van der Waals surface area contributed by atoms with Gasteiger partial charge in [-0.25, -0.2) is 0 Å². The molecule has 0 unspecified atom stereocenters. The fourth-order valence-corrected chi connectivity index (χ4v) is 2.88. The van der Waals surface area contributed by atoms with Crippen LogP contribution in [0.15, 0.2) is 49.1 Å². The number of rotatable bonds is 9. The predicted molar refractivity (Wildman–Crippen MR) is 99.2 cm³/mol. The minimum absolute atomic E-state index is 0.0437. The molecule has 0 amide bonds. The van der Waals surface area contributed by atoms with Gasteiger partial charge in [-0.15, -0.1) is 13.0 Å². The van der Waals surface area contributed by atoms with E-state index in [1.807, 2.05) is 37.3 Å². The summed E-state index contributed by atoms with van der Waals surface area (Å²) in [5, 5.41) is 0. The average molecular weight is 344 g/mol. The van der Waals surface area contributed by atoms with Crippen LogP contribution >= 0.6 is 0 Å². The molecule has 0 aromatic heterocycles. The standard InChI is InChI=1S/C21H28O4/c1-4-7-8-10-19-18(23-16-15-22-6-3)13-14-20-21(25-19)12-11-17(24-20)9-5-2/h1,5,7-8,11-14,17-21H,2,6,9-10,15-16H2,3H3/b8-7-/t17-,18-,19-,20-,21+/m1/s1. The normalized spacial score (nSPS) is 31.4. The lowest BCUT2D eigenvalue weighted by Crippen LogP contribution is -2.38. The average Bonchev–Trinajstić information content (AvgIpc) is 2.79. The van der Waals surface area contributed by atoms with Gasteiger partial charge in [0.25, 0.3) is 0 Å². The molecule has 2 rings (SSSR count). The number of fused-ring (bicyclic) bond motifs is 1. The summed E-state index contributed by atoms with van der Waals surface area (Å²) in [6.07, 6.45) is 20.0. The fraction of sp³-hybridized carbons (Fsp3) is 0.524. The van der Waals surface area contributed by atoms with Crippen molar-refractivity contribution >= 4 is 0 Å². The van der Waals surface area contributed by atoms with Gasteiger partial charge in [-0.2, -0.15) is 0 Å². The summed E-state index contributed by atoms with van der Waals surface area (Å²) < 4.78 is 23.7. The second-order valence-electron chi connectivity index (χ2n) is 5.91. The molecule has 25 heavy (non-hydrogen) atoms. The van der Waals surface area contributed by atoms with Crippen LogP contribution in [0.3, 0.4) is 0 Å². The maximum atomic E-state index is 6.27. The van der Waals surface area contributed by atoms with E-state index in [0.717, 1.165) is 6.42 Å². The van der Waals surface area contributed by atoms with E-state index in [1.165, 1.54) is 0 Å². The molecule has 0 saturated carbocycles. The zero-order chi connectivity index (χ0) is 17.9. The minimum atomic E-state index is -0.164. The molecule has 2 aliphatic heterocycles. The molecule has 0 aliphatic carbocycles. The molecule has 136 valence electrons. The third-order valence-electron chi connectivity index (χ3n) is 4.08. The second-order valence-corrected chi connectivity index (χ2v) is 5.91. The summed E-state index contributed by atoms with van der Waals surface area (Å²) in [7, 11) is 0. The first-order valence-corrected chi connectivity index (χ1v) is 8.87. The van der Waals surface area contributed by atoms with Crippen LogP contribution in [0.4, 0.5) is 0 Å². The highest BCUT2D eigenvalue weighted by Gasteiger charge is 2.33. The second kappa shape index (κ2) is 11.1. The number of hydrogen-bond donors (Lipinski definition) is 0. The Morgan fingerprint density at radius 2 is 1.92 bits per heavy atom. The van der Waals surface area contributed by atoms with E-state index >= 15 is 0 Å². The van der Waals surface area contributed by atoms with Gasteiger partial charge in [-0.1, -0.05) is 42.4 Å². The van der Waals surface area contributed by atoms with E-state index in [4.69, 9.17) is 25.4 Å². The van der Waals surface area contributed by atoms with Crippen molar-refractivity contribution < 1.29 is 18.9 Å². The van der Waals surface area contributed by atoms with E-state index in [1.54, 1.807) is 6.08 Å². The SMILES string of the molecule is C#C/C=C\C[C@H]1O[C@H]2C=C[C@@H](CC=C)O[C@@H]2C=C[C@H]1OCCOCC. The van der Waals surface area contributed by atoms with Gasteiger partial charge in [-0.05, 0) is 25.8 Å². The van der Waals surface area contributed by atoms with Crippen LogP contribution in [-0.4, -0.2) is 50.3 Å². The first-order chi connectivity index (χ1) is 12.3. The largest absolute Gasteiger partial charge is 0.379 e. The number of ether oxygens (including phenoxy) is 4. The third-order valence-corrected chi connectivity index (χ3v) is 4.08. The molecule has 0 spiro atoms. The van der Waals surface area contributed by atoms with Crippen LogP contribution in [0.2, 0.25) is 0 Å². The van der Waals surface area contributed by atoms with Crippen LogP contribution in [0.25, 0.3) is 0 Å². The zero-order valence-electron chi connectivity index (χ0n) is 14.9. The number of allylic oxidation sites excluding steroid dienone is 1. The van der Waals surface area contributed by atoms with Crippen molar-refractivity contribution in [1.29, 1.82) is 0 Å². The molecule has 5 atom stereocenters. The van der Waals surface area contributed by atoms with Gasteiger partial charge in [0.15, 0.2) is 0 Å². The van der Waals surface area contributed by atoms with Crippen molar-refractivity contribution in [3.05, 3.63) is 49.1 Å². The smallest absolute Gasteiger partial charge is 0.106 e. The van der Waals surface area contributed by atoms with E-state index in [2.05, 4.69) is 18.6 Å². The number of hydrogen-bond acceptors (Lipinski definition) is 4. The van der Waals surface area contributed by atoms with Crippen molar-refractivity contribution in [1.82, 2.24) is 0 Å². The van der Waals surface area contributed by atoms with Crippen molar-refractivity contribution in [3.8, 4) is 12.3 Å². The molecular weight excluding hydrogens is 316 g/mol. The summed E-state index contributed by atoms with van der Waals surface area (Å²) in [5.41, 5.74) is 0. The van der Waals surface area contributed by atoms with Crippen molar-refractivity contribution in [3.63, 3.8) is 0 Å². The first-order valence-electron chi connectivity index (χ1n) is 8.87. The lowest BCUT2D eigenvalue weighted by Gasteiger charge is -2.32. The molecule has 0 radical (unpaired) electrons. The molecule has 0 saturated heterocycles. The molecule has 0 aromatic rings. The summed E-state index contributed by atoms with van der Waals surface area (Å²) in [4.78, 5) is 0. The zero-order valence-corrected chi connectivity index (χ0v) is 14.9. The quantitative estimate of drug-likeness (QED) is 0.366. The molecule has 0 aromatic carbocycles. The van der Waals surface area contributed by atoms with Gasteiger partial charge in [-0.3, -0.25) is 0 Å². The molecule has 2 heterocycles. The van der Waals surface area contributed by atoms with Crippen LogP contribution in [0.5, 0.6) is 0 Å². The van der Waals surface area contributed by atoms with E-state index in [0.29, 0.717) is 26.2 Å². The summed E-state index contributed by atoms with van der Waals surface area (Å²) in [5.74, 6) is 2.51. The van der Waals surface area contributed by atoms with Crippen molar-refractivity contribution in [2.24, 2.45) is 0 Å². The van der Waals surface area contributed by atoms with Gasteiger partial charge in [0.1, 0.15) is 18.3 Å². The van der Waals surface area contributed by atoms with Crippen LogP contribution < -0.4 is 0 Å². The topological polar surface area (TPSA) is 36.9 Å². The summed E-state index contributed by atoms with van der Waals surface area (Å²) in [6.45, 7) is 7.51. The maximum absolute atomic E-state index is 6.27. The monoisotopic (exact) mass is 344 g/mol. The highest BCUT2D eigenvalue weighted by Crippen LogP contribution is 2.26. The Labute approximate surface area is 151 Å². The van der Waals surface area contributed by atoms with Gasteiger partial charge in [0, 0.05) is 6.61 Å². The first kappa shape index (κ1) is 19.7. The Morgan fingerprint density at radius 1 is 1.12 bits per heavy atom. The number of terminal acetylenes is 1. The van der Waals surface area contributed by atoms with E-state index in [9.17, 15) is 0 Å². The third kappa shape index (κ3) is 6.30. The lowest BCUT2D eigenvalue weighted by atomic mass is 10.1. The van der Waals surface area contributed by atoms with Crippen LogP contribution in [0.1, 0.15) is 19.8 Å². The highest BCUT2D eigenvalue weighted by atomic mass is 16.6. The van der Waals surface area contributed by atoms with Crippen molar-refractivity contribution in [2.45, 2.75) is 50.3 Å². The van der Waals surface area contributed by atoms with Gasteiger partial charge in [0.2, 0.25) is 0 Å². The van der Waals surface area contributed by atoms with Crippen molar-refractivity contribution in [2.75, 3.05) is 19.8 Å². The minimum Gasteiger partial charge on any atom is -0.379 e. The Bertz CT molecular complexity index is 529. The summed E-state index contributed by atoms with van der Waals surface area (Å²) >= 11 is 0. The Balaban J connectivity index is 2.04. The Hall–Kier alpha value is -1.64. The molecule has 4 heteroatoms. The molecule has 2 aliphatic rings. The van der Waals surface area contributed by atoms with Crippen LogP contribution in [0, 0.1) is 12.3 Å². The van der Waals surface area contributed by atoms with Gasteiger partial charge >= 0.3 is 0 Å². The molecule has 0 fully saturated rings. The Morgan fingerprint density at radius 3 is 2.68 bits per heavy atom.